The molecule has 0 saturated heterocycles. The molecule has 0 amide bonds. The van der Waals surface area contributed by atoms with Gasteiger partial charge in [-0.2, -0.15) is 0 Å². The van der Waals surface area contributed by atoms with E-state index >= 15 is 0 Å². The highest BCUT2D eigenvalue weighted by molar-refractivity contribution is 5.71. The van der Waals surface area contributed by atoms with Crippen molar-refractivity contribution in [3.05, 3.63) is 0 Å². The molecule has 0 rings (SSSR count). The van der Waals surface area contributed by atoms with Crippen LogP contribution < -0.4 is 0 Å². The summed E-state index contributed by atoms with van der Waals surface area (Å²) in [4.78, 5) is 34.9. The van der Waals surface area contributed by atoms with Crippen LogP contribution in [-0.4, -0.2) is 59.6 Å². The zero-order chi connectivity index (χ0) is 26.3. The Bertz CT molecular complexity index is 547. The lowest BCUT2D eigenvalue weighted by molar-refractivity contribution is -0.160. The van der Waals surface area contributed by atoms with Crippen LogP contribution in [0.3, 0.4) is 0 Å². The van der Waals surface area contributed by atoms with Gasteiger partial charge in [0, 0.05) is 13.8 Å². The molecule has 2 unspecified atom stereocenters. The largest absolute Gasteiger partial charge is 0.463 e. The number of aliphatic hydroxyl groups is 2. The number of hydrogen-bond acceptors (Lipinski definition) is 8. The fourth-order valence-electron chi connectivity index (χ4n) is 4.09. The van der Waals surface area contributed by atoms with Crippen LogP contribution in [0.5, 0.6) is 0 Å². The van der Waals surface area contributed by atoms with E-state index in [0.717, 1.165) is 32.1 Å². The standard InChI is InChI=1S/C27H50O8/c1-4-5-6-7-8-9-10-11-12-13-16-24(33-22(2)30)17-14-15-18-25(34-23(3)31)19-27(32)35-26(20-28)21-29/h24-26,28-29H,4-21H2,1-3H3. The van der Waals surface area contributed by atoms with E-state index in [4.69, 9.17) is 24.4 Å². The Hall–Kier alpha value is -1.67. The van der Waals surface area contributed by atoms with Crippen LogP contribution in [0.1, 0.15) is 124 Å². The number of carbonyl (C=O) groups is 3. The summed E-state index contributed by atoms with van der Waals surface area (Å²) >= 11 is 0. The van der Waals surface area contributed by atoms with Gasteiger partial charge >= 0.3 is 17.9 Å². The molecule has 8 heteroatoms. The SMILES string of the molecule is CCCCCCCCCCCCC(CCCCC(CC(=O)OC(CO)CO)OC(C)=O)OC(C)=O. The van der Waals surface area contributed by atoms with E-state index in [1.54, 1.807) is 0 Å². The molecule has 35 heavy (non-hydrogen) atoms. The summed E-state index contributed by atoms with van der Waals surface area (Å²) in [5.41, 5.74) is 0. The fourth-order valence-corrected chi connectivity index (χ4v) is 4.09. The average Bonchev–Trinajstić information content (AvgIpc) is 2.80. The van der Waals surface area contributed by atoms with Crippen molar-refractivity contribution in [3.63, 3.8) is 0 Å². The highest BCUT2D eigenvalue weighted by atomic mass is 16.6. The van der Waals surface area contributed by atoms with Crippen molar-refractivity contribution in [2.75, 3.05) is 13.2 Å². The van der Waals surface area contributed by atoms with Gasteiger partial charge in [0.15, 0.2) is 0 Å². The number of aliphatic hydroxyl groups excluding tert-OH is 2. The monoisotopic (exact) mass is 502 g/mol. The molecule has 0 aromatic heterocycles. The minimum atomic E-state index is -0.976. The normalized spacial score (nSPS) is 12.9. The number of unbranched alkanes of at least 4 members (excludes halogenated alkanes) is 10. The predicted octanol–water partition coefficient (Wildman–Crippen LogP) is 5.01. The maximum absolute atomic E-state index is 12.0. The number of carbonyl (C=O) groups excluding carboxylic acids is 3. The summed E-state index contributed by atoms with van der Waals surface area (Å²) in [5.74, 6) is -1.39. The lowest BCUT2D eigenvalue weighted by Gasteiger charge is -2.20. The van der Waals surface area contributed by atoms with Crippen molar-refractivity contribution in [1.29, 1.82) is 0 Å². The van der Waals surface area contributed by atoms with E-state index in [2.05, 4.69) is 6.92 Å². The third-order valence-corrected chi connectivity index (χ3v) is 5.95. The Kier molecular flexibility index (Phi) is 21.7. The van der Waals surface area contributed by atoms with Gasteiger partial charge in [-0.3, -0.25) is 14.4 Å². The van der Waals surface area contributed by atoms with Crippen LogP contribution in [0.25, 0.3) is 0 Å². The molecular formula is C27H50O8. The van der Waals surface area contributed by atoms with Gasteiger partial charge in [-0.15, -0.1) is 0 Å². The quantitative estimate of drug-likeness (QED) is 0.114. The highest BCUT2D eigenvalue weighted by Gasteiger charge is 2.21. The van der Waals surface area contributed by atoms with E-state index in [9.17, 15) is 14.4 Å². The molecule has 0 aliphatic carbocycles. The molecule has 0 aliphatic rings. The second kappa shape index (κ2) is 22.8. The Labute approximate surface area is 212 Å². The second-order valence-electron chi connectivity index (χ2n) is 9.40. The Morgan fingerprint density at radius 1 is 0.571 bits per heavy atom. The van der Waals surface area contributed by atoms with E-state index in [1.807, 2.05) is 0 Å². The lowest BCUT2D eigenvalue weighted by Crippen LogP contribution is -2.29. The molecule has 0 aromatic carbocycles. The zero-order valence-electron chi connectivity index (χ0n) is 22.3. The first kappa shape index (κ1) is 33.3. The van der Waals surface area contributed by atoms with E-state index in [-0.39, 0.29) is 18.5 Å². The molecule has 0 saturated carbocycles. The van der Waals surface area contributed by atoms with Gasteiger partial charge < -0.3 is 24.4 Å². The Morgan fingerprint density at radius 3 is 1.43 bits per heavy atom. The number of hydrogen-bond donors (Lipinski definition) is 2. The molecule has 206 valence electrons. The molecular weight excluding hydrogens is 452 g/mol. The highest BCUT2D eigenvalue weighted by Crippen LogP contribution is 2.18. The summed E-state index contributed by atoms with van der Waals surface area (Å²) in [6.45, 7) is 4.00. The van der Waals surface area contributed by atoms with Gasteiger partial charge in [0.2, 0.25) is 0 Å². The third-order valence-electron chi connectivity index (χ3n) is 5.95. The maximum atomic E-state index is 12.0. The molecule has 0 aromatic rings. The van der Waals surface area contributed by atoms with Crippen molar-refractivity contribution < 1.29 is 38.8 Å². The van der Waals surface area contributed by atoms with Gasteiger partial charge in [0.05, 0.1) is 19.6 Å². The molecule has 0 aliphatic heterocycles. The molecule has 0 bridgehead atoms. The smallest absolute Gasteiger partial charge is 0.309 e. The molecule has 0 radical (unpaired) electrons. The van der Waals surface area contributed by atoms with Gasteiger partial charge in [-0.05, 0) is 38.5 Å². The second-order valence-corrected chi connectivity index (χ2v) is 9.40. The van der Waals surface area contributed by atoms with Crippen molar-refractivity contribution in [3.8, 4) is 0 Å². The van der Waals surface area contributed by atoms with Gasteiger partial charge in [-0.25, -0.2) is 0 Å². The topological polar surface area (TPSA) is 119 Å². The van der Waals surface area contributed by atoms with Crippen molar-refractivity contribution >= 4 is 17.9 Å². The van der Waals surface area contributed by atoms with Crippen LogP contribution in [0.4, 0.5) is 0 Å². The van der Waals surface area contributed by atoms with E-state index in [1.165, 1.54) is 65.2 Å². The summed E-state index contributed by atoms with van der Waals surface area (Å²) in [5, 5.41) is 18.1. The average molecular weight is 503 g/mol. The Morgan fingerprint density at radius 2 is 0.971 bits per heavy atom. The zero-order valence-corrected chi connectivity index (χ0v) is 22.3. The molecule has 0 heterocycles. The van der Waals surface area contributed by atoms with Crippen LogP contribution in [-0.2, 0) is 28.6 Å². The van der Waals surface area contributed by atoms with Crippen molar-refractivity contribution in [2.24, 2.45) is 0 Å². The van der Waals surface area contributed by atoms with Crippen molar-refractivity contribution in [1.82, 2.24) is 0 Å². The van der Waals surface area contributed by atoms with Gasteiger partial charge in [-0.1, -0.05) is 64.7 Å². The fraction of sp³-hybridized carbons (Fsp3) is 0.889. The van der Waals surface area contributed by atoms with Crippen LogP contribution in [0.2, 0.25) is 0 Å². The first-order valence-corrected chi connectivity index (χ1v) is 13.6. The molecule has 2 N–H and O–H groups in total. The van der Waals surface area contributed by atoms with Crippen LogP contribution in [0, 0.1) is 0 Å². The minimum absolute atomic E-state index is 0.117. The first-order chi connectivity index (χ1) is 16.8. The molecule has 8 nitrogen and oxygen atoms in total. The summed E-state index contributed by atoms with van der Waals surface area (Å²) < 4.78 is 15.7. The van der Waals surface area contributed by atoms with Gasteiger partial charge in [0.1, 0.15) is 18.3 Å². The number of esters is 3. The summed E-state index contributed by atoms with van der Waals surface area (Å²) in [6.07, 6.45) is 14.3. The van der Waals surface area contributed by atoms with Crippen molar-refractivity contribution in [2.45, 2.75) is 142 Å². The van der Waals surface area contributed by atoms with E-state index < -0.39 is 37.4 Å². The number of ether oxygens (including phenoxy) is 3. The molecule has 0 spiro atoms. The summed E-state index contributed by atoms with van der Waals surface area (Å²) in [7, 11) is 0. The maximum Gasteiger partial charge on any atom is 0.309 e. The van der Waals surface area contributed by atoms with Gasteiger partial charge in [0.25, 0.3) is 0 Å². The first-order valence-electron chi connectivity index (χ1n) is 13.6. The van der Waals surface area contributed by atoms with Crippen LogP contribution >= 0.6 is 0 Å². The lowest BCUT2D eigenvalue weighted by atomic mass is 10.0. The molecule has 2 atom stereocenters. The van der Waals surface area contributed by atoms with Crippen LogP contribution in [0.15, 0.2) is 0 Å². The Balaban J connectivity index is 4.25. The number of rotatable bonds is 23. The van der Waals surface area contributed by atoms with E-state index in [0.29, 0.717) is 12.8 Å². The minimum Gasteiger partial charge on any atom is -0.463 e. The third kappa shape index (κ3) is 21.3. The predicted molar refractivity (Wildman–Crippen MR) is 135 cm³/mol. The molecule has 0 fully saturated rings. The summed E-state index contributed by atoms with van der Waals surface area (Å²) in [6, 6.07) is 0.